The number of carbonyl (C=O) groups is 2. The SMILES string of the molecule is Cc1c(NC(=O)NC(C)c2ccccc2)cccc1C(N)=O. The fraction of sp³-hybridized carbons (Fsp3) is 0.176. The van der Waals surface area contributed by atoms with Crippen molar-refractivity contribution < 1.29 is 9.59 Å². The average Bonchev–Trinajstić information content (AvgIpc) is 2.50. The second kappa shape index (κ2) is 6.76. The van der Waals surface area contributed by atoms with Gasteiger partial charge in [0.25, 0.3) is 0 Å². The zero-order valence-corrected chi connectivity index (χ0v) is 12.6. The molecule has 0 fully saturated rings. The number of hydrogen-bond donors (Lipinski definition) is 3. The van der Waals surface area contributed by atoms with E-state index in [1.165, 1.54) is 0 Å². The standard InChI is InChI=1S/C17H19N3O2/c1-11-14(16(18)21)9-6-10-15(11)20-17(22)19-12(2)13-7-4-3-5-8-13/h3-10,12H,1-2H3,(H2,18,21)(H2,19,20,22). The highest BCUT2D eigenvalue weighted by molar-refractivity contribution is 5.98. The molecule has 4 N–H and O–H groups in total. The van der Waals surface area contributed by atoms with Gasteiger partial charge in [-0.1, -0.05) is 36.4 Å². The van der Waals surface area contributed by atoms with E-state index in [2.05, 4.69) is 10.6 Å². The van der Waals surface area contributed by atoms with Crippen LogP contribution < -0.4 is 16.4 Å². The number of urea groups is 1. The fourth-order valence-electron chi connectivity index (χ4n) is 2.22. The summed E-state index contributed by atoms with van der Waals surface area (Å²) in [6.07, 6.45) is 0. The predicted molar refractivity (Wildman–Crippen MR) is 86.7 cm³/mol. The van der Waals surface area contributed by atoms with E-state index >= 15 is 0 Å². The summed E-state index contributed by atoms with van der Waals surface area (Å²) in [6, 6.07) is 14.3. The number of anilines is 1. The van der Waals surface area contributed by atoms with Crippen molar-refractivity contribution in [2.45, 2.75) is 19.9 Å². The number of primary amides is 1. The van der Waals surface area contributed by atoms with Crippen molar-refractivity contribution in [1.29, 1.82) is 0 Å². The highest BCUT2D eigenvalue weighted by Gasteiger charge is 2.12. The number of nitrogens with one attached hydrogen (secondary N) is 2. The Bertz CT molecular complexity index is 684. The molecule has 0 bridgehead atoms. The lowest BCUT2D eigenvalue weighted by Gasteiger charge is -2.16. The monoisotopic (exact) mass is 297 g/mol. The molecule has 3 amide bonds. The van der Waals surface area contributed by atoms with Crippen LogP contribution in [-0.4, -0.2) is 11.9 Å². The van der Waals surface area contributed by atoms with E-state index in [1.54, 1.807) is 25.1 Å². The molecule has 5 heteroatoms. The molecule has 22 heavy (non-hydrogen) atoms. The van der Waals surface area contributed by atoms with Gasteiger partial charge in [-0.25, -0.2) is 4.79 Å². The minimum atomic E-state index is -0.515. The Morgan fingerprint density at radius 3 is 2.36 bits per heavy atom. The van der Waals surface area contributed by atoms with Crippen LogP contribution in [0.1, 0.15) is 34.5 Å². The Morgan fingerprint density at radius 1 is 1.05 bits per heavy atom. The van der Waals surface area contributed by atoms with Crippen molar-refractivity contribution in [1.82, 2.24) is 5.32 Å². The molecular weight excluding hydrogens is 278 g/mol. The first kappa shape index (κ1) is 15.6. The van der Waals surface area contributed by atoms with Gasteiger partial charge in [0, 0.05) is 11.3 Å². The summed E-state index contributed by atoms with van der Waals surface area (Å²) in [7, 11) is 0. The molecule has 2 aromatic rings. The number of benzene rings is 2. The summed E-state index contributed by atoms with van der Waals surface area (Å²) >= 11 is 0. The van der Waals surface area contributed by atoms with Crippen LogP contribution in [0.25, 0.3) is 0 Å². The molecule has 2 rings (SSSR count). The Balaban J connectivity index is 2.07. The van der Waals surface area contributed by atoms with Gasteiger partial charge in [0.05, 0.1) is 6.04 Å². The van der Waals surface area contributed by atoms with E-state index in [0.29, 0.717) is 16.8 Å². The zero-order chi connectivity index (χ0) is 16.1. The van der Waals surface area contributed by atoms with E-state index in [-0.39, 0.29) is 12.1 Å². The second-order valence-electron chi connectivity index (χ2n) is 5.07. The molecule has 0 saturated carbocycles. The van der Waals surface area contributed by atoms with E-state index < -0.39 is 5.91 Å². The quantitative estimate of drug-likeness (QED) is 0.810. The molecular formula is C17H19N3O2. The van der Waals surface area contributed by atoms with Crippen molar-refractivity contribution in [3.05, 3.63) is 65.2 Å². The lowest BCUT2D eigenvalue weighted by molar-refractivity contribution is 0.0999. The molecule has 1 unspecified atom stereocenters. The summed E-state index contributed by atoms with van der Waals surface area (Å²) in [5, 5.41) is 5.60. The van der Waals surface area contributed by atoms with Gasteiger partial charge in [-0.05, 0) is 37.1 Å². The number of nitrogens with two attached hydrogens (primary N) is 1. The molecule has 2 aromatic carbocycles. The third-order valence-electron chi connectivity index (χ3n) is 3.49. The second-order valence-corrected chi connectivity index (χ2v) is 5.07. The number of rotatable bonds is 4. The van der Waals surface area contributed by atoms with Gasteiger partial charge >= 0.3 is 6.03 Å². The normalized spacial score (nSPS) is 11.5. The first-order valence-corrected chi connectivity index (χ1v) is 7.01. The van der Waals surface area contributed by atoms with Crippen LogP contribution in [0.4, 0.5) is 10.5 Å². The molecule has 0 saturated heterocycles. The summed E-state index contributed by atoms with van der Waals surface area (Å²) in [4.78, 5) is 23.4. The van der Waals surface area contributed by atoms with Crippen molar-refractivity contribution in [2.75, 3.05) is 5.32 Å². The van der Waals surface area contributed by atoms with Crippen LogP contribution >= 0.6 is 0 Å². The molecule has 0 radical (unpaired) electrons. The lowest BCUT2D eigenvalue weighted by Crippen LogP contribution is -2.31. The van der Waals surface area contributed by atoms with Crippen LogP contribution in [-0.2, 0) is 0 Å². The topological polar surface area (TPSA) is 84.2 Å². The smallest absolute Gasteiger partial charge is 0.319 e. The first-order chi connectivity index (χ1) is 10.5. The van der Waals surface area contributed by atoms with Gasteiger partial charge in [0.1, 0.15) is 0 Å². The lowest BCUT2D eigenvalue weighted by atomic mass is 10.1. The predicted octanol–water partition coefficient (Wildman–Crippen LogP) is 2.98. The van der Waals surface area contributed by atoms with Gasteiger partial charge < -0.3 is 16.4 Å². The van der Waals surface area contributed by atoms with Gasteiger partial charge in [-0.15, -0.1) is 0 Å². The van der Waals surface area contributed by atoms with Crippen molar-refractivity contribution >= 4 is 17.6 Å². The van der Waals surface area contributed by atoms with Crippen LogP contribution in [0.5, 0.6) is 0 Å². The number of amides is 3. The van der Waals surface area contributed by atoms with Crippen LogP contribution in [0, 0.1) is 6.92 Å². The Labute approximate surface area is 129 Å². The first-order valence-electron chi connectivity index (χ1n) is 7.01. The van der Waals surface area contributed by atoms with E-state index in [0.717, 1.165) is 5.56 Å². The third-order valence-corrected chi connectivity index (χ3v) is 3.49. The highest BCUT2D eigenvalue weighted by atomic mass is 16.2. The van der Waals surface area contributed by atoms with Gasteiger partial charge in [0.2, 0.25) is 5.91 Å². The van der Waals surface area contributed by atoms with E-state index in [4.69, 9.17) is 5.73 Å². The van der Waals surface area contributed by atoms with Crippen LogP contribution in [0.15, 0.2) is 48.5 Å². The molecule has 0 aliphatic carbocycles. The molecule has 0 heterocycles. The maximum Gasteiger partial charge on any atom is 0.319 e. The Kier molecular flexibility index (Phi) is 4.78. The van der Waals surface area contributed by atoms with Gasteiger partial charge in [-0.2, -0.15) is 0 Å². The Hall–Kier alpha value is -2.82. The summed E-state index contributed by atoms with van der Waals surface area (Å²) in [5.74, 6) is -0.515. The maximum absolute atomic E-state index is 12.1. The average molecular weight is 297 g/mol. The number of carbonyl (C=O) groups excluding carboxylic acids is 2. The van der Waals surface area contributed by atoms with Gasteiger partial charge in [-0.3, -0.25) is 4.79 Å². The van der Waals surface area contributed by atoms with E-state index in [1.807, 2.05) is 37.3 Å². The molecule has 0 aliphatic heterocycles. The molecule has 1 atom stereocenters. The maximum atomic E-state index is 12.1. The summed E-state index contributed by atoms with van der Waals surface area (Å²) < 4.78 is 0. The van der Waals surface area contributed by atoms with Crippen molar-refractivity contribution in [3.8, 4) is 0 Å². The van der Waals surface area contributed by atoms with Crippen LogP contribution in [0.3, 0.4) is 0 Å². The summed E-state index contributed by atoms with van der Waals surface area (Å²) in [6.45, 7) is 3.65. The fourth-order valence-corrected chi connectivity index (χ4v) is 2.22. The Morgan fingerprint density at radius 2 is 1.73 bits per heavy atom. The summed E-state index contributed by atoms with van der Waals surface area (Å²) in [5.41, 5.74) is 7.93. The zero-order valence-electron chi connectivity index (χ0n) is 12.6. The van der Waals surface area contributed by atoms with Crippen molar-refractivity contribution in [2.24, 2.45) is 5.73 Å². The van der Waals surface area contributed by atoms with Crippen LogP contribution in [0.2, 0.25) is 0 Å². The molecule has 114 valence electrons. The molecule has 0 spiro atoms. The molecule has 0 aliphatic rings. The minimum absolute atomic E-state index is 0.124. The number of hydrogen-bond acceptors (Lipinski definition) is 2. The van der Waals surface area contributed by atoms with Crippen molar-refractivity contribution in [3.63, 3.8) is 0 Å². The highest BCUT2D eigenvalue weighted by Crippen LogP contribution is 2.19. The molecule has 5 nitrogen and oxygen atoms in total. The minimum Gasteiger partial charge on any atom is -0.366 e. The van der Waals surface area contributed by atoms with E-state index in [9.17, 15) is 9.59 Å². The third kappa shape index (κ3) is 3.63. The van der Waals surface area contributed by atoms with Gasteiger partial charge in [0.15, 0.2) is 0 Å². The molecule has 0 aromatic heterocycles. The largest absolute Gasteiger partial charge is 0.366 e.